The van der Waals surface area contributed by atoms with Crippen LogP contribution in [0.4, 0.5) is 0 Å². The molecule has 0 bridgehead atoms. The lowest BCUT2D eigenvalue weighted by Crippen LogP contribution is -2.39. The molecule has 0 amide bonds. The van der Waals surface area contributed by atoms with Gasteiger partial charge in [0.15, 0.2) is 11.5 Å². The first-order valence-corrected chi connectivity index (χ1v) is 8.19. The van der Waals surface area contributed by atoms with E-state index in [4.69, 9.17) is 9.47 Å². The SMILES string of the molecule is CCC1Cc2cc(OC)c(OC)cc2C(c2cccs2)N1. The lowest BCUT2D eigenvalue weighted by Gasteiger charge is -2.33. The summed E-state index contributed by atoms with van der Waals surface area (Å²) in [5, 5.41) is 5.90. The molecule has 0 saturated carbocycles. The average Bonchev–Trinajstić information content (AvgIpc) is 3.06. The fourth-order valence-corrected chi connectivity index (χ4v) is 3.79. The molecule has 4 heteroatoms. The maximum atomic E-state index is 5.47. The van der Waals surface area contributed by atoms with E-state index in [1.165, 1.54) is 16.0 Å². The zero-order chi connectivity index (χ0) is 14.8. The Hall–Kier alpha value is -1.52. The Balaban J connectivity index is 2.09. The van der Waals surface area contributed by atoms with Gasteiger partial charge in [0.1, 0.15) is 0 Å². The van der Waals surface area contributed by atoms with E-state index < -0.39 is 0 Å². The third-order valence-electron chi connectivity index (χ3n) is 4.15. The zero-order valence-corrected chi connectivity index (χ0v) is 13.5. The Morgan fingerprint density at radius 1 is 1.24 bits per heavy atom. The highest BCUT2D eigenvalue weighted by Crippen LogP contribution is 2.39. The number of thiophene rings is 1. The molecule has 21 heavy (non-hydrogen) atoms. The first-order chi connectivity index (χ1) is 10.3. The summed E-state index contributed by atoms with van der Waals surface area (Å²) in [4.78, 5) is 1.35. The van der Waals surface area contributed by atoms with Crippen LogP contribution < -0.4 is 14.8 Å². The van der Waals surface area contributed by atoms with E-state index in [-0.39, 0.29) is 6.04 Å². The van der Waals surface area contributed by atoms with Gasteiger partial charge in [-0.3, -0.25) is 0 Å². The van der Waals surface area contributed by atoms with Crippen LogP contribution in [0.3, 0.4) is 0 Å². The van der Waals surface area contributed by atoms with Gasteiger partial charge in [-0.1, -0.05) is 13.0 Å². The van der Waals surface area contributed by atoms with Crippen molar-refractivity contribution in [3.05, 3.63) is 45.6 Å². The van der Waals surface area contributed by atoms with Gasteiger partial charge in [0.2, 0.25) is 0 Å². The van der Waals surface area contributed by atoms with E-state index in [0.29, 0.717) is 6.04 Å². The predicted molar refractivity (Wildman–Crippen MR) is 86.6 cm³/mol. The minimum absolute atomic E-state index is 0.249. The van der Waals surface area contributed by atoms with E-state index in [1.54, 1.807) is 25.6 Å². The molecule has 2 heterocycles. The summed E-state index contributed by atoms with van der Waals surface area (Å²) in [7, 11) is 3.38. The number of benzene rings is 1. The molecule has 2 unspecified atom stereocenters. The number of nitrogens with one attached hydrogen (secondary N) is 1. The lowest BCUT2D eigenvalue weighted by molar-refractivity contribution is 0.350. The van der Waals surface area contributed by atoms with Crippen molar-refractivity contribution >= 4 is 11.3 Å². The molecule has 3 nitrogen and oxygen atoms in total. The fraction of sp³-hybridized carbons (Fsp3) is 0.412. The summed E-state index contributed by atoms with van der Waals surface area (Å²) in [6.45, 7) is 2.23. The summed E-state index contributed by atoms with van der Waals surface area (Å²) in [5.74, 6) is 1.62. The van der Waals surface area contributed by atoms with Gasteiger partial charge in [-0.25, -0.2) is 0 Å². The van der Waals surface area contributed by atoms with Crippen molar-refractivity contribution in [3.8, 4) is 11.5 Å². The number of ether oxygens (including phenoxy) is 2. The first-order valence-electron chi connectivity index (χ1n) is 7.31. The number of fused-ring (bicyclic) bond motifs is 1. The van der Waals surface area contributed by atoms with Crippen LogP contribution in [0.1, 0.15) is 35.4 Å². The molecule has 1 N–H and O–H groups in total. The van der Waals surface area contributed by atoms with Crippen molar-refractivity contribution in [2.24, 2.45) is 0 Å². The molecule has 1 aliphatic rings. The summed E-state index contributed by atoms with van der Waals surface area (Å²) in [6.07, 6.45) is 2.16. The van der Waals surface area contributed by atoms with Crippen molar-refractivity contribution in [2.75, 3.05) is 14.2 Å². The molecule has 0 aliphatic carbocycles. The van der Waals surface area contributed by atoms with Crippen molar-refractivity contribution in [1.29, 1.82) is 0 Å². The minimum atomic E-state index is 0.249. The largest absolute Gasteiger partial charge is 0.493 e. The number of methoxy groups -OCH3 is 2. The third kappa shape index (κ3) is 2.65. The highest BCUT2D eigenvalue weighted by molar-refractivity contribution is 7.10. The van der Waals surface area contributed by atoms with Gasteiger partial charge < -0.3 is 14.8 Å². The van der Waals surface area contributed by atoms with Crippen molar-refractivity contribution in [2.45, 2.75) is 31.8 Å². The van der Waals surface area contributed by atoms with E-state index >= 15 is 0 Å². The van der Waals surface area contributed by atoms with Crippen LogP contribution >= 0.6 is 11.3 Å². The highest BCUT2D eigenvalue weighted by atomic mass is 32.1. The standard InChI is InChI=1S/C17H21NO2S/c1-4-12-8-11-9-14(19-2)15(20-3)10-13(11)17(18-12)16-6-5-7-21-16/h5-7,9-10,12,17-18H,4,8H2,1-3H3. The van der Waals surface area contributed by atoms with Gasteiger partial charge in [-0.05, 0) is 47.5 Å². The van der Waals surface area contributed by atoms with Gasteiger partial charge in [-0.15, -0.1) is 11.3 Å². The van der Waals surface area contributed by atoms with Crippen LogP contribution in [-0.4, -0.2) is 20.3 Å². The molecule has 0 spiro atoms. The second kappa shape index (κ2) is 6.08. The lowest BCUT2D eigenvalue weighted by atomic mass is 9.88. The highest BCUT2D eigenvalue weighted by Gasteiger charge is 2.28. The predicted octanol–water partition coefficient (Wildman–Crippen LogP) is 3.78. The normalized spacial score (nSPS) is 20.9. The monoisotopic (exact) mass is 303 g/mol. The molecular weight excluding hydrogens is 282 g/mol. The van der Waals surface area contributed by atoms with E-state index in [0.717, 1.165) is 24.3 Å². The molecule has 0 fully saturated rings. The molecule has 1 aliphatic heterocycles. The third-order valence-corrected chi connectivity index (χ3v) is 5.08. The van der Waals surface area contributed by atoms with Crippen LogP contribution in [0.2, 0.25) is 0 Å². The molecule has 2 atom stereocenters. The van der Waals surface area contributed by atoms with E-state index in [9.17, 15) is 0 Å². The summed E-state index contributed by atoms with van der Waals surface area (Å²) in [6, 6.07) is 9.31. The van der Waals surface area contributed by atoms with Gasteiger partial charge in [0.05, 0.1) is 20.3 Å². The summed E-state index contributed by atoms with van der Waals surface area (Å²) < 4.78 is 10.9. The number of hydrogen-bond acceptors (Lipinski definition) is 4. The summed E-state index contributed by atoms with van der Waals surface area (Å²) >= 11 is 1.79. The van der Waals surface area contributed by atoms with Gasteiger partial charge in [-0.2, -0.15) is 0 Å². The molecule has 3 rings (SSSR count). The Morgan fingerprint density at radius 3 is 2.62 bits per heavy atom. The van der Waals surface area contributed by atoms with Crippen LogP contribution in [0.25, 0.3) is 0 Å². The molecule has 112 valence electrons. The zero-order valence-electron chi connectivity index (χ0n) is 12.7. The number of rotatable bonds is 4. The molecular formula is C17H21NO2S. The van der Waals surface area contributed by atoms with Gasteiger partial charge >= 0.3 is 0 Å². The smallest absolute Gasteiger partial charge is 0.161 e. The van der Waals surface area contributed by atoms with Crippen LogP contribution in [0, 0.1) is 0 Å². The molecule has 2 aromatic rings. The molecule has 1 aromatic heterocycles. The van der Waals surface area contributed by atoms with Crippen LogP contribution in [0.5, 0.6) is 11.5 Å². The van der Waals surface area contributed by atoms with Crippen LogP contribution in [-0.2, 0) is 6.42 Å². The Morgan fingerprint density at radius 2 is 2.00 bits per heavy atom. The van der Waals surface area contributed by atoms with E-state index in [2.05, 4.69) is 41.9 Å². The first kappa shape index (κ1) is 14.4. The van der Waals surface area contributed by atoms with Crippen molar-refractivity contribution in [1.82, 2.24) is 5.32 Å². The Kier molecular flexibility index (Phi) is 4.17. The quantitative estimate of drug-likeness (QED) is 0.932. The minimum Gasteiger partial charge on any atom is -0.493 e. The average molecular weight is 303 g/mol. The van der Waals surface area contributed by atoms with E-state index in [1.807, 2.05) is 0 Å². The Bertz CT molecular complexity index is 610. The maximum Gasteiger partial charge on any atom is 0.161 e. The van der Waals surface area contributed by atoms with Gasteiger partial charge in [0, 0.05) is 10.9 Å². The topological polar surface area (TPSA) is 30.5 Å². The number of hydrogen-bond donors (Lipinski definition) is 1. The maximum absolute atomic E-state index is 5.47. The molecule has 1 aromatic carbocycles. The summed E-state index contributed by atoms with van der Waals surface area (Å²) in [5.41, 5.74) is 2.66. The van der Waals surface area contributed by atoms with Crippen LogP contribution in [0.15, 0.2) is 29.6 Å². The molecule has 0 saturated heterocycles. The van der Waals surface area contributed by atoms with Gasteiger partial charge in [0.25, 0.3) is 0 Å². The fourth-order valence-electron chi connectivity index (χ4n) is 2.99. The van der Waals surface area contributed by atoms with Crippen molar-refractivity contribution < 1.29 is 9.47 Å². The second-order valence-electron chi connectivity index (χ2n) is 5.33. The van der Waals surface area contributed by atoms with Crippen molar-refractivity contribution in [3.63, 3.8) is 0 Å². The Labute approximate surface area is 129 Å². The second-order valence-corrected chi connectivity index (χ2v) is 6.31. The molecule has 0 radical (unpaired) electrons.